The zero-order chi connectivity index (χ0) is 18.1. The highest BCUT2D eigenvalue weighted by atomic mass is 16.5. The van der Waals surface area contributed by atoms with Gasteiger partial charge in [-0.15, -0.1) is 0 Å². The summed E-state index contributed by atoms with van der Waals surface area (Å²) in [5.74, 6) is 0.620. The molecular weight excluding hydrogens is 330 g/mol. The number of benzene rings is 1. The van der Waals surface area contributed by atoms with E-state index in [1.54, 1.807) is 12.4 Å². The summed E-state index contributed by atoms with van der Waals surface area (Å²) in [4.78, 5) is 23.0. The lowest BCUT2D eigenvalue weighted by Crippen LogP contribution is -2.67. The number of hydrogen-bond donors (Lipinski definition) is 0. The van der Waals surface area contributed by atoms with E-state index in [1.165, 1.54) is 0 Å². The second kappa shape index (κ2) is 6.68. The van der Waals surface area contributed by atoms with Crippen molar-refractivity contribution in [3.8, 4) is 5.88 Å². The third-order valence-corrected chi connectivity index (χ3v) is 4.98. The van der Waals surface area contributed by atoms with Crippen molar-refractivity contribution in [2.24, 2.45) is 0 Å². The molecule has 2 aromatic rings. The van der Waals surface area contributed by atoms with Gasteiger partial charge in [0.15, 0.2) is 0 Å². The van der Waals surface area contributed by atoms with Gasteiger partial charge in [0.05, 0.1) is 31.6 Å². The Morgan fingerprint density at radius 2 is 2.15 bits per heavy atom. The first kappa shape index (κ1) is 17.0. The van der Waals surface area contributed by atoms with Gasteiger partial charge in [0.2, 0.25) is 5.88 Å². The fourth-order valence-electron chi connectivity index (χ4n) is 3.73. The van der Waals surface area contributed by atoms with Crippen LogP contribution in [0.15, 0.2) is 36.7 Å². The van der Waals surface area contributed by atoms with Crippen LogP contribution in [-0.4, -0.2) is 52.2 Å². The highest BCUT2D eigenvalue weighted by molar-refractivity contribution is 5.95. The Balaban J connectivity index is 1.37. The largest absolute Gasteiger partial charge is 0.473 e. The summed E-state index contributed by atoms with van der Waals surface area (Å²) in [5, 5.41) is 0. The molecule has 2 aliphatic heterocycles. The third-order valence-electron chi connectivity index (χ3n) is 4.98. The van der Waals surface area contributed by atoms with E-state index in [0.29, 0.717) is 25.6 Å². The summed E-state index contributed by atoms with van der Waals surface area (Å²) in [7, 11) is 0. The molecule has 0 bridgehead atoms. The number of rotatable bonds is 3. The molecule has 0 N–H and O–H groups in total. The molecule has 2 fully saturated rings. The van der Waals surface area contributed by atoms with Gasteiger partial charge in [-0.25, -0.2) is 4.98 Å². The Morgan fingerprint density at radius 3 is 2.92 bits per heavy atom. The monoisotopic (exact) mass is 353 g/mol. The second-order valence-electron chi connectivity index (χ2n) is 7.29. The standard InChI is InChI=1S/C20H23N3O3/c1-14-4-3-5-16(8-14)19(24)23-12-20(13-23)9-17(6-7-25-20)26-18-11-21-10-15(2)22-18/h3-5,8,10-11,17H,6-7,9,12-13H2,1-2H3. The molecule has 6 heteroatoms. The van der Waals surface area contributed by atoms with Gasteiger partial charge in [0.25, 0.3) is 5.91 Å². The van der Waals surface area contributed by atoms with Crippen LogP contribution in [0.3, 0.4) is 0 Å². The lowest BCUT2D eigenvalue weighted by atomic mass is 9.84. The Kier molecular flexibility index (Phi) is 4.36. The smallest absolute Gasteiger partial charge is 0.254 e. The fourth-order valence-corrected chi connectivity index (χ4v) is 3.73. The first-order chi connectivity index (χ1) is 12.5. The average molecular weight is 353 g/mol. The van der Waals surface area contributed by atoms with Crippen LogP contribution in [0, 0.1) is 13.8 Å². The van der Waals surface area contributed by atoms with Crippen molar-refractivity contribution in [3.63, 3.8) is 0 Å². The molecular formula is C20H23N3O3. The fraction of sp³-hybridized carbons (Fsp3) is 0.450. The van der Waals surface area contributed by atoms with Crippen LogP contribution < -0.4 is 4.74 Å². The molecule has 1 aromatic heterocycles. The van der Waals surface area contributed by atoms with Crippen LogP contribution in [0.2, 0.25) is 0 Å². The molecule has 1 aromatic carbocycles. The van der Waals surface area contributed by atoms with Gasteiger partial charge in [0.1, 0.15) is 11.7 Å². The van der Waals surface area contributed by atoms with Crippen molar-refractivity contribution in [2.75, 3.05) is 19.7 Å². The number of ether oxygens (including phenoxy) is 2. The van der Waals surface area contributed by atoms with E-state index in [9.17, 15) is 4.79 Å². The van der Waals surface area contributed by atoms with Crippen LogP contribution in [-0.2, 0) is 4.74 Å². The van der Waals surface area contributed by atoms with Gasteiger partial charge < -0.3 is 14.4 Å². The lowest BCUT2D eigenvalue weighted by Gasteiger charge is -2.52. The molecule has 6 nitrogen and oxygen atoms in total. The number of aromatic nitrogens is 2. The molecule has 0 aliphatic carbocycles. The molecule has 0 radical (unpaired) electrons. The minimum Gasteiger partial charge on any atom is -0.473 e. The maximum atomic E-state index is 12.6. The van der Waals surface area contributed by atoms with Crippen molar-refractivity contribution in [3.05, 3.63) is 53.5 Å². The van der Waals surface area contributed by atoms with Crippen molar-refractivity contribution in [1.29, 1.82) is 0 Å². The SMILES string of the molecule is Cc1cccc(C(=O)N2CC3(CC(Oc4cncc(C)n4)CCO3)C2)c1. The summed E-state index contributed by atoms with van der Waals surface area (Å²) in [5.41, 5.74) is 2.37. The molecule has 2 saturated heterocycles. The Labute approximate surface area is 153 Å². The summed E-state index contributed by atoms with van der Waals surface area (Å²) in [6, 6.07) is 7.71. The number of carbonyl (C=O) groups is 1. The maximum absolute atomic E-state index is 12.6. The molecule has 1 spiro atoms. The first-order valence-corrected chi connectivity index (χ1v) is 8.98. The molecule has 26 heavy (non-hydrogen) atoms. The van der Waals surface area contributed by atoms with Crippen LogP contribution in [0.1, 0.15) is 34.5 Å². The highest BCUT2D eigenvalue weighted by Gasteiger charge is 2.50. The van der Waals surface area contributed by atoms with E-state index in [2.05, 4.69) is 9.97 Å². The highest BCUT2D eigenvalue weighted by Crippen LogP contribution is 2.36. The second-order valence-corrected chi connectivity index (χ2v) is 7.29. The van der Waals surface area contributed by atoms with Crippen molar-refractivity contribution in [1.82, 2.24) is 14.9 Å². The number of hydrogen-bond acceptors (Lipinski definition) is 5. The molecule has 2 aliphatic rings. The summed E-state index contributed by atoms with van der Waals surface area (Å²) in [6.07, 6.45) is 4.97. The van der Waals surface area contributed by atoms with Gasteiger partial charge in [-0.2, -0.15) is 0 Å². The maximum Gasteiger partial charge on any atom is 0.254 e. The van der Waals surface area contributed by atoms with Crippen molar-refractivity contribution in [2.45, 2.75) is 38.4 Å². The van der Waals surface area contributed by atoms with E-state index < -0.39 is 0 Å². The molecule has 136 valence electrons. The summed E-state index contributed by atoms with van der Waals surface area (Å²) >= 11 is 0. The zero-order valence-electron chi connectivity index (χ0n) is 15.1. The molecule has 1 unspecified atom stereocenters. The normalized spacial score (nSPS) is 21.3. The predicted octanol–water partition coefficient (Wildman–Crippen LogP) is 2.55. The Morgan fingerprint density at radius 1 is 1.31 bits per heavy atom. The van der Waals surface area contributed by atoms with Crippen molar-refractivity contribution < 1.29 is 14.3 Å². The van der Waals surface area contributed by atoms with Gasteiger partial charge in [-0.05, 0) is 26.0 Å². The topological polar surface area (TPSA) is 64.6 Å². The van der Waals surface area contributed by atoms with E-state index in [4.69, 9.17) is 9.47 Å². The lowest BCUT2D eigenvalue weighted by molar-refractivity contribution is -0.174. The average Bonchev–Trinajstić information content (AvgIpc) is 2.59. The first-order valence-electron chi connectivity index (χ1n) is 8.98. The molecule has 0 saturated carbocycles. The minimum absolute atomic E-state index is 0.0380. The van der Waals surface area contributed by atoms with Gasteiger partial charge in [-0.3, -0.25) is 9.78 Å². The molecule has 1 atom stereocenters. The van der Waals surface area contributed by atoms with Gasteiger partial charge in [0, 0.05) is 24.6 Å². The van der Waals surface area contributed by atoms with Crippen LogP contribution in [0.4, 0.5) is 0 Å². The van der Waals surface area contributed by atoms with E-state index in [-0.39, 0.29) is 17.6 Å². The molecule has 3 heterocycles. The Hall–Kier alpha value is -2.47. The Bertz CT molecular complexity index is 817. The van der Waals surface area contributed by atoms with Gasteiger partial charge >= 0.3 is 0 Å². The number of amides is 1. The van der Waals surface area contributed by atoms with Crippen molar-refractivity contribution >= 4 is 5.91 Å². The van der Waals surface area contributed by atoms with Gasteiger partial charge in [-0.1, -0.05) is 17.7 Å². The summed E-state index contributed by atoms with van der Waals surface area (Å²) in [6.45, 7) is 5.75. The number of carbonyl (C=O) groups excluding carboxylic acids is 1. The zero-order valence-corrected chi connectivity index (χ0v) is 15.1. The van der Waals surface area contributed by atoms with Crippen LogP contribution in [0.25, 0.3) is 0 Å². The van der Waals surface area contributed by atoms with Crippen LogP contribution in [0.5, 0.6) is 5.88 Å². The molecule has 4 rings (SSSR count). The number of aryl methyl sites for hydroxylation is 2. The van der Waals surface area contributed by atoms with E-state index >= 15 is 0 Å². The van der Waals surface area contributed by atoms with Crippen LogP contribution >= 0.6 is 0 Å². The predicted molar refractivity (Wildman–Crippen MR) is 96.2 cm³/mol. The quantitative estimate of drug-likeness (QED) is 0.848. The molecule has 1 amide bonds. The van der Waals surface area contributed by atoms with E-state index in [1.807, 2.05) is 43.0 Å². The number of likely N-dealkylation sites (tertiary alicyclic amines) is 1. The third kappa shape index (κ3) is 3.42. The summed E-state index contributed by atoms with van der Waals surface area (Å²) < 4.78 is 12.0. The van der Waals surface area contributed by atoms with E-state index in [0.717, 1.165) is 29.7 Å². The minimum atomic E-state index is -0.292. The number of nitrogens with zero attached hydrogens (tertiary/aromatic N) is 3.